The van der Waals surface area contributed by atoms with Crippen molar-refractivity contribution in [3.8, 4) is 28.1 Å². The molecule has 0 unspecified atom stereocenters. The van der Waals surface area contributed by atoms with E-state index in [4.69, 9.17) is 9.72 Å². The van der Waals surface area contributed by atoms with Gasteiger partial charge in [0, 0.05) is 38.4 Å². The zero-order chi connectivity index (χ0) is 26.9. The monoisotopic (exact) mass is 521 g/mol. The van der Waals surface area contributed by atoms with Crippen LogP contribution in [0.25, 0.3) is 22.4 Å². The fourth-order valence-corrected chi connectivity index (χ4v) is 6.08. The quantitative estimate of drug-likeness (QED) is 0.482. The maximum absolute atomic E-state index is 13.5. The highest BCUT2D eigenvalue weighted by Crippen LogP contribution is 2.44. The van der Waals surface area contributed by atoms with Gasteiger partial charge >= 0.3 is 0 Å². The number of rotatable bonds is 7. The molecule has 3 aromatic rings. The lowest BCUT2D eigenvalue weighted by Crippen LogP contribution is -2.36. The minimum Gasteiger partial charge on any atom is -0.497 e. The summed E-state index contributed by atoms with van der Waals surface area (Å²) >= 11 is 0. The van der Waals surface area contributed by atoms with Gasteiger partial charge in [0.2, 0.25) is 0 Å². The third kappa shape index (κ3) is 5.46. The lowest BCUT2D eigenvalue weighted by Gasteiger charge is -2.30. The van der Waals surface area contributed by atoms with Crippen molar-refractivity contribution in [1.29, 1.82) is 0 Å². The molecule has 7 nitrogen and oxygen atoms in total. The first kappa shape index (κ1) is 27.0. The molecule has 0 spiro atoms. The van der Waals surface area contributed by atoms with Crippen molar-refractivity contribution in [3.63, 3.8) is 0 Å². The van der Waals surface area contributed by atoms with Crippen LogP contribution >= 0.6 is 0 Å². The molecule has 2 aromatic carbocycles. The van der Waals surface area contributed by atoms with Crippen molar-refractivity contribution in [2.75, 3.05) is 27.8 Å². The molecule has 2 atom stereocenters. The van der Waals surface area contributed by atoms with Crippen LogP contribution in [-0.2, 0) is 17.5 Å². The first-order valence-corrected chi connectivity index (χ1v) is 13.5. The Morgan fingerprint density at radius 1 is 1.11 bits per heavy atom. The first-order valence-electron chi connectivity index (χ1n) is 12.3. The number of pyridine rings is 1. The van der Waals surface area contributed by atoms with E-state index in [1.165, 1.54) is 4.90 Å². The summed E-state index contributed by atoms with van der Waals surface area (Å²) in [4.78, 5) is 19.4. The van der Waals surface area contributed by atoms with Gasteiger partial charge in [-0.15, -0.1) is 0 Å². The molecule has 0 fully saturated rings. The van der Waals surface area contributed by atoms with Gasteiger partial charge in [0.05, 0.1) is 23.6 Å². The van der Waals surface area contributed by atoms with E-state index in [0.29, 0.717) is 24.4 Å². The number of fused-ring (bicyclic) bond motifs is 1. The molecule has 8 heteroatoms. The van der Waals surface area contributed by atoms with Gasteiger partial charge in [-0.3, -0.25) is 4.79 Å². The number of aliphatic hydroxyl groups is 1. The van der Waals surface area contributed by atoms with E-state index in [1.807, 2.05) is 73.6 Å². The highest BCUT2D eigenvalue weighted by Gasteiger charge is 2.40. The van der Waals surface area contributed by atoms with Crippen molar-refractivity contribution in [2.45, 2.75) is 44.5 Å². The molecular weight excluding hydrogens is 486 g/mol. The van der Waals surface area contributed by atoms with E-state index in [0.717, 1.165) is 33.6 Å². The van der Waals surface area contributed by atoms with E-state index >= 15 is 0 Å². The number of hydrogen-bond donors (Lipinski definition) is 1. The number of aliphatic hydroxyl groups excluding tert-OH is 1. The summed E-state index contributed by atoms with van der Waals surface area (Å²) in [5.41, 5.74) is 5.71. The van der Waals surface area contributed by atoms with Gasteiger partial charge in [0.1, 0.15) is 22.4 Å². The Balaban J connectivity index is 1.91. The van der Waals surface area contributed by atoms with Gasteiger partial charge in [-0.2, -0.15) is 0 Å². The van der Waals surface area contributed by atoms with E-state index in [-0.39, 0.29) is 18.6 Å². The number of hydrogen-bond acceptors (Lipinski definition) is 5. The minimum absolute atomic E-state index is 0.0520. The van der Waals surface area contributed by atoms with Crippen molar-refractivity contribution in [3.05, 3.63) is 71.4 Å². The van der Waals surface area contributed by atoms with Crippen LogP contribution in [0.4, 0.5) is 0 Å². The van der Waals surface area contributed by atoms with Crippen LogP contribution in [0.15, 0.2) is 54.6 Å². The Kier molecular flexibility index (Phi) is 7.83. The van der Waals surface area contributed by atoms with Crippen molar-refractivity contribution in [2.24, 2.45) is 0 Å². The maximum atomic E-state index is 13.5. The Labute approximate surface area is 221 Å². The molecule has 0 saturated heterocycles. The van der Waals surface area contributed by atoms with Crippen molar-refractivity contribution < 1.29 is 18.8 Å². The average molecular weight is 522 g/mol. The van der Waals surface area contributed by atoms with Crippen LogP contribution in [0.2, 0.25) is 0 Å². The summed E-state index contributed by atoms with van der Waals surface area (Å²) in [6.07, 6.45) is 0.417. The average Bonchev–Trinajstić information content (AvgIpc) is 3.25. The number of nitrogens with zero attached hydrogens (tertiary/aromatic N) is 3. The molecule has 37 heavy (non-hydrogen) atoms. The lowest BCUT2D eigenvalue weighted by atomic mass is 9.94. The van der Waals surface area contributed by atoms with Gasteiger partial charge in [0.25, 0.3) is 5.91 Å². The zero-order valence-electron chi connectivity index (χ0n) is 22.3. The van der Waals surface area contributed by atoms with E-state index in [2.05, 4.69) is 6.07 Å². The van der Waals surface area contributed by atoms with Crippen LogP contribution in [-0.4, -0.2) is 62.0 Å². The van der Waals surface area contributed by atoms with Crippen LogP contribution < -0.4 is 4.74 Å². The molecule has 0 bridgehead atoms. The number of benzene rings is 2. The highest BCUT2D eigenvalue weighted by molar-refractivity contribution is 7.84. The fourth-order valence-electron chi connectivity index (χ4n) is 4.68. The Morgan fingerprint density at radius 3 is 2.38 bits per heavy atom. The standard InChI is InChI=1S/C29H35N3O4S/c1-29(2,3)37(35)32-18-22-17-24(28(34)31(4)5)30-27(26(22)25(32)13-14-33)21-11-7-9-19(15-21)20-10-8-12-23(16-20)36-6/h7-12,15-17,25,33H,13-14,18H2,1-6H3/t25-,37-/m1/s1. The van der Waals surface area contributed by atoms with Crippen LogP contribution in [0.5, 0.6) is 5.75 Å². The smallest absolute Gasteiger partial charge is 0.271 e. The van der Waals surface area contributed by atoms with Gasteiger partial charge in [-0.05, 0) is 68.1 Å². The van der Waals surface area contributed by atoms with Crippen LogP contribution in [0, 0.1) is 0 Å². The van der Waals surface area contributed by atoms with Crippen molar-refractivity contribution >= 4 is 16.9 Å². The maximum Gasteiger partial charge on any atom is 0.271 e. The molecule has 196 valence electrons. The van der Waals surface area contributed by atoms with Gasteiger partial charge in [0.15, 0.2) is 0 Å². The molecule has 0 aliphatic carbocycles. The molecular formula is C29H35N3O4S. The number of amides is 1. The number of aromatic nitrogens is 1. The molecule has 0 saturated carbocycles. The third-order valence-electron chi connectivity index (χ3n) is 6.46. The predicted molar refractivity (Wildman–Crippen MR) is 148 cm³/mol. The Morgan fingerprint density at radius 2 is 1.76 bits per heavy atom. The van der Waals surface area contributed by atoms with E-state index in [9.17, 15) is 14.1 Å². The molecule has 1 amide bonds. The lowest BCUT2D eigenvalue weighted by molar-refractivity contribution is 0.0822. The van der Waals surface area contributed by atoms with Gasteiger partial charge < -0.3 is 14.7 Å². The molecule has 0 radical (unpaired) electrons. The Bertz CT molecular complexity index is 1330. The first-order chi connectivity index (χ1) is 17.5. The normalized spacial score (nSPS) is 16.4. The predicted octanol–water partition coefficient (Wildman–Crippen LogP) is 4.83. The summed E-state index contributed by atoms with van der Waals surface area (Å²) in [5, 5.41) is 9.96. The number of carbonyl (C=O) groups is 1. The topological polar surface area (TPSA) is 83.0 Å². The molecule has 4 rings (SSSR count). The van der Waals surface area contributed by atoms with E-state index in [1.54, 1.807) is 21.2 Å². The summed E-state index contributed by atoms with van der Waals surface area (Å²) in [6.45, 7) is 6.20. The summed E-state index contributed by atoms with van der Waals surface area (Å²) < 4.78 is 20.4. The van der Waals surface area contributed by atoms with Crippen LogP contribution in [0.1, 0.15) is 54.8 Å². The summed E-state index contributed by atoms with van der Waals surface area (Å²) in [6, 6.07) is 17.4. The minimum atomic E-state index is -1.31. The van der Waals surface area contributed by atoms with Crippen LogP contribution in [0.3, 0.4) is 0 Å². The van der Waals surface area contributed by atoms with Crippen molar-refractivity contribution in [1.82, 2.24) is 14.2 Å². The SMILES string of the molecule is COc1cccc(-c2cccc(-c3nc(C(=O)N(C)C)cc4c3[C@@H](CCO)N([S@](=O)C(C)(C)C)C4)c2)c1. The summed E-state index contributed by atoms with van der Waals surface area (Å²) in [7, 11) is 3.74. The number of methoxy groups -OCH3 is 1. The second-order valence-electron chi connectivity index (χ2n) is 10.4. The second-order valence-corrected chi connectivity index (χ2v) is 12.6. The molecule has 1 aliphatic rings. The molecule has 1 aromatic heterocycles. The molecule has 2 heterocycles. The fraction of sp³-hybridized carbons (Fsp3) is 0.379. The number of carbonyl (C=O) groups excluding carboxylic acids is 1. The van der Waals surface area contributed by atoms with E-state index < -0.39 is 15.7 Å². The third-order valence-corrected chi connectivity index (χ3v) is 8.31. The van der Waals surface area contributed by atoms with Gasteiger partial charge in [-0.25, -0.2) is 13.5 Å². The summed E-state index contributed by atoms with van der Waals surface area (Å²) in [5.74, 6) is 0.575. The van der Waals surface area contributed by atoms with Gasteiger partial charge in [-0.1, -0.05) is 30.3 Å². The molecule has 1 N–H and O–H groups in total. The number of ether oxygens (including phenoxy) is 1. The second kappa shape index (κ2) is 10.7. The zero-order valence-corrected chi connectivity index (χ0v) is 23.1. The highest BCUT2D eigenvalue weighted by atomic mass is 32.2. The largest absolute Gasteiger partial charge is 0.497 e. The Hall–Kier alpha value is -3.07. The molecule has 1 aliphatic heterocycles.